The molecule has 2 aromatic rings. The molecule has 1 aliphatic heterocycles. The maximum atomic E-state index is 8.72. The third-order valence-corrected chi connectivity index (χ3v) is 5.54. The molecule has 2 heterocycles. The van der Waals surface area contributed by atoms with E-state index in [1.165, 1.54) is 30.4 Å². The highest BCUT2D eigenvalue weighted by molar-refractivity contribution is 6.19. The van der Waals surface area contributed by atoms with E-state index in [9.17, 15) is 0 Å². The predicted molar refractivity (Wildman–Crippen MR) is 119 cm³/mol. The maximum absolute atomic E-state index is 8.72. The summed E-state index contributed by atoms with van der Waals surface area (Å²) < 4.78 is 0. The van der Waals surface area contributed by atoms with Crippen molar-refractivity contribution in [1.82, 2.24) is 15.1 Å². The summed E-state index contributed by atoms with van der Waals surface area (Å²) in [6.07, 6.45) is 7.58. The van der Waals surface area contributed by atoms with Gasteiger partial charge in [0.05, 0.1) is 17.9 Å². The lowest BCUT2D eigenvalue weighted by Gasteiger charge is -2.32. The second-order valence-electron chi connectivity index (χ2n) is 8.17. The van der Waals surface area contributed by atoms with E-state index < -0.39 is 0 Å². The molecule has 0 radical (unpaired) electrons. The minimum absolute atomic E-state index is 0.312. The van der Waals surface area contributed by atoms with E-state index in [-0.39, 0.29) is 0 Å². The lowest BCUT2D eigenvalue weighted by atomic mass is 9.87. The van der Waals surface area contributed by atoms with Gasteiger partial charge in [-0.15, -0.1) is 0 Å². The van der Waals surface area contributed by atoms with Gasteiger partial charge in [0.1, 0.15) is 11.7 Å². The van der Waals surface area contributed by atoms with Gasteiger partial charge in [-0.2, -0.15) is 10.2 Å². The molecule has 1 aromatic heterocycles. The zero-order valence-electron chi connectivity index (χ0n) is 17.8. The highest BCUT2D eigenvalue weighted by Crippen LogP contribution is 2.32. The van der Waals surface area contributed by atoms with Crippen LogP contribution in [-0.2, 0) is 6.54 Å². The Morgan fingerprint density at radius 1 is 1.07 bits per heavy atom. The molecule has 1 aliphatic carbocycles. The number of anilines is 1. The Morgan fingerprint density at radius 2 is 1.83 bits per heavy atom. The van der Waals surface area contributed by atoms with E-state index in [1.54, 1.807) is 6.20 Å². The third kappa shape index (κ3) is 5.48. The third-order valence-electron chi connectivity index (χ3n) is 5.54. The number of nitrogens with zero attached hydrogens (tertiary/aromatic N) is 4. The molecular formula is C23H32N6. The zero-order valence-corrected chi connectivity index (χ0v) is 17.8. The van der Waals surface area contributed by atoms with Crippen LogP contribution in [0.2, 0.25) is 0 Å². The average molecular weight is 393 g/mol. The number of rotatable bonds is 1. The summed E-state index contributed by atoms with van der Waals surface area (Å²) in [5.41, 5.74) is 4.47. The van der Waals surface area contributed by atoms with Gasteiger partial charge in [-0.1, -0.05) is 37.0 Å². The van der Waals surface area contributed by atoms with Crippen LogP contribution in [0.25, 0.3) is 0 Å². The number of benzene rings is 1. The van der Waals surface area contributed by atoms with Gasteiger partial charge < -0.3 is 0 Å². The smallest absolute Gasteiger partial charge is 0.120 e. The molecule has 29 heavy (non-hydrogen) atoms. The minimum atomic E-state index is 0.312. The molecule has 0 atom stereocenters. The van der Waals surface area contributed by atoms with Gasteiger partial charge in [0, 0.05) is 18.7 Å². The monoisotopic (exact) mass is 392 g/mol. The van der Waals surface area contributed by atoms with Crippen LogP contribution in [0.3, 0.4) is 0 Å². The number of nitrogens with one attached hydrogen (secondary N) is 2. The molecule has 2 aliphatic rings. The number of amidine groups is 2. The van der Waals surface area contributed by atoms with Crippen molar-refractivity contribution in [2.75, 3.05) is 18.5 Å². The Bertz CT molecular complexity index is 842. The van der Waals surface area contributed by atoms with Crippen molar-refractivity contribution < 1.29 is 0 Å². The Kier molecular flexibility index (Phi) is 7.09. The molecule has 0 spiro atoms. The molecule has 4 rings (SSSR count). The minimum Gasteiger partial charge on any atom is -0.295 e. The van der Waals surface area contributed by atoms with Gasteiger partial charge in [0.2, 0.25) is 0 Å². The molecule has 0 bridgehead atoms. The van der Waals surface area contributed by atoms with Crippen molar-refractivity contribution >= 4 is 17.4 Å². The van der Waals surface area contributed by atoms with Crippen LogP contribution >= 0.6 is 0 Å². The van der Waals surface area contributed by atoms with Crippen molar-refractivity contribution in [2.45, 2.75) is 52.5 Å². The van der Waals surface area contributed by atoms with Crippen LogP contribution in [0.5, 0.6) is 0 Å². The highest BCUT2D eigenvalue weighted by Gasteiger charge is 2.30. The van der Waals surface area contributed by atoms with Crippen molar-refractivity contribution in [2.24, 2.45) is 5.92 Å². The topological polar surface area (TPSA) is 80.0 Å². The van der Waals surface area contributed by atoms with Crippen LogP contribution in [0.4, 0.5) is 5.69 Å². The first-order chi connectivity index (χ1) is 14.0. The summed E-state index contributed by atoms with van der Waals surface area (Å²) in [6.45, 7) is 5.46. The van der Waals surface area contributed by atoms with Crippen LogP contribution in [-0.4, -0.2) is 40.4 Å². The van der Waals surface area contributed by atoms with Gasteiger partial charge in [-0.05, 0) is 57.5 Å². The Labute approximate surface area is 174 Å². The average Bonchev–Trinajstić information content (AvgIpc) is 2.83. The molecular weight excluding hydrogens is 360 g/mol. The van der Waals surface area contributed by atoms with E-state index >= 15 is 0 Å². The second kappa shape index (κ2) is 9.74. The fourth-order valence-electron chi connectivity index (χ4n) is 4.09. The van der Waals surface area contributed by atoms with Crippen LogP contribution < -0.4 is 4.90 Å². The van der Waals surface area contributed by atoms with Crippen molar-refractivity contribution in [3.63, 3.8) is 0 Å². The van der Waals surface area contributed by atoms with E-state index in [0.717, 1.165) is 30.8 Å². The van der Waals surface area contributed by atoms with Gasteiger partial charge >= 0.3 is 0 Å². The fraction of sp³-hybridized carbons (Fsp3) is 0.478. The van der Waals surface area contributed by atoms with Gasteiger partial charge in [-0.25, -0.2) is 0 Å². The van der Waals surface area contributed by atoms with E-state index in [0.29, 0.717) is 24.1 Å². The van der Waals surface area contributed by atoms with Crippen LogP contribution in [0, 0.1) is 30.6 Å². The predicted octanol–water partition coefficient (Wildman–Crippen LogP) is 4.57. The number of fused-ring (bicyclic) bond motifs is 1. The quantitative estimate of drug-likeness (QED) is 0.550. The summed E-state index contributed by atoms with van der Waals surface area (Å²) in [7, 11) is 2.05. The van der Waals surface area contributed by atoms with Gasteiger partial charge in [-0.3, -0.25) is 20.6 Å². The summed E-state index contributed by atoms with van der Waals surface area (Å²) >= 11 is 0. The summed E-state index contributed by atoms with van der Waals surface area (Å²) in [5, 5.41) is 24.6. The number of likely N-dealkylation sites (N-methyl/N-ethyl adjacent to an activating group) is 1. The summed E-state index contributed by atoms with van der Waals surface area (Å²) in [6, 6.07) is 10.2. The molecule has 6 nitrogen and oxygen atoms in total. The molecule has 154 valence electrons. The Balaban J connectivity index is 0.000000290. The number of hydrogen-bond donors (Lipinski definition) is 2. The number of hydrogen-bond acceptors (Lipinski definition) is 5. The van der Waals surface area contributed by atoms with Crippen molar-refractivity contribution in [3.05, 3.63) is 53.3 Å². The first-order valence-electron chi connectivity index (χ1n) is 10.4. The lowest BCUT2D eigenvalue weighted by Crippen LogP contribution is -2.43. The zero-order chi connectivity index (χ0) is 20.8. The first kappa shape index (κ1) is 21.1. The summed E-state index contributed by atoms with van der Waals surface area (Å²) in [4.78, 5) is 4.07. The largest absolute Gasteiger partial charge is 0.295 e. The molecule has 2 N–H and O–H groups in total. The molecule has 1 aromatic carbocycles. The fourth-order valence-corrected chi connectivity index (χ4v) is 4.09. The van der Waals surface area contributed by atoms with Crippen LogP contribution in [0.1, 0.15) is 48.9 Å². The molecule has 1 saturated carbocycles. The Morgan fingerprint density at radius 3 is 2.45 bits per heavy atom. The maximum Gasteiger partial charge on any atom is 0.120 e. The first-order valence-corrected chi connectivity index (χ1v) is 10.4. The SMILES string of the molecule is Cc1ccc2c(c1)CN(C)CC(=N)N2C(=N)C1CCCCC1.Cc1cccnn1. The molecule has 1 fully saturated rings. The number of aryl methyl sites for hydroxylation is 2. The van der Waals surface area contributed by atoms with Crippen LogP contribution in [0.15, 0.2) is 36.5 Å². The standard InChI is InChI=1S/C18H26N4.C5H6N2/c1-13-8-9-16-15(10-13)11-21(2)12-17(19)22(16)18(20)14-6-4-3-5-7-14;1-5-3-2-4-6-7-5/h8-10,14,19-20H,3-7,11-12H2,1-2H3;2-4H,1H3. The second-order valence-corrected chi connectivity index (χ2v) is 8.17. The number of aromatic nitrogens is 2. The highest BCUT2D eigenvalue weighted by atomic mass is 15.3. The van der Waals surface area contributed by atoms with E-state index in [1.807, 2.05) is 31.0 Å². The van der Waals surface area contributed by atoms with Gasteiger partial charge in [0.25, 0.3) is 0 Å². The lowest BCUT2D eigenvalue weighted by molar-refractivity contribution is 0.376. The van der Waals surface area contributed by atoms with Crippen molar-refractivity contribution in [3.8, 4) is 0 Å². The van der Waals surface area contributed by atoms with E-state index in [4.69, 9.17) is 10.8 Å². The molecule has 0 unspecified atom stereocenters. The normalized spacial score (nSPS) is 17.8. The Hall–Kier alpha value is -2.60. The molecule has 0 amide bonds. The summed E-state index contributed by atoms with van der Waals surface area (Å²) in [5.74, 6) is 1.47. The van der Waals surface area contributed by atoms with E-state index in [2.05, 4.69) is 40.2 Å². The molecule has 0 saturated heterocycles. The van der Waals surface area contributed by atoms with Crippen molar-refractivity contribution in [1.29, 1.82) is 10.8 Å². The molecule has 6 heteroatoms. The van der Waals surface area contributed by atoms with Gasteiger partial charge in [0.15, 0.2) is 0 Å².